The van der Waals surface area contributed by atoms with Gasteiger partial charge in [0.05, 0.1) is 38.2 Å². The zero-order valence-electron chi connectivity index (χ0n) is 19.5. The van der Waals surface area contributed by atoms with Gasteiger partial charge in [-0.3, -0.25) is 4.57 Å². The van der Waals surface area contributed by atoms with Crippen LogP contribution in [0.4, 0.5) is 5.82 Å². The minimum atomic E-state index is -3.51. The zero-order chi connectivity index (χ0) is 24.1. The average molecular weight is 491 g/mol. The van der Waals surface area contributed by atoms with Gasteiger partial charge in [0.15, 0.2) is 17.8 Å². The molecule has 0 saturated carbocycles. The van der Waals surface area contributed by atoms with E-state index in [-0.39, 0.29) is 24.4 Å². The summed E-state index contributed by atoms with van der Waals surface area (Å²) in [7, 11) is -3.51. The van der Waals surface area contributed by atoms with Crippen molar-refractivity contribution in [3.05, 3.63) is 43.0 Å². The van der Waals surface area contributed by atoms with Crippen molar-refractivity contribution in [1.29, 1.82) is 0 Å². The number of nitrogens with two attached hydrogens (primary N) is 1. The quantitative estimate of drug-likeness (QED) is 0.386. The van der Waals surface area contributed by atoms with Crippen LogP contribution in [0.2, 0.25) is 0 Å². The van der Waals surface area contributed by atoms with E-state index in [0.717, 1.165) is 0 Å². The molecule has 1 fully saturated rings. The van der Waals surface area contributed by atoms with Gasteiger partial charge >= 0.3 is 7.52 Å². The first-order valence-electron chi connectivity index (χ1n) is 11.2. The molecule has 3 unspecified atom stereocenters. The summed E-state index contributed by atoms with van der Waals surface area (Å²) in [5, 5.41) is 3.17. The van der Waals surface area contributed by atoms with Crippen LogP contribution in [0.25, 0.3) is 11.2 Å². The van der Waals surface area contributed by atoms with E-state index in [1.54, 1.807) is 18.5 Å². The number of aromatic nitrogens is 4. The maximum atomic E-state index is 14.0. The van der Waals surface area contributed by atoms with Crippen LogP contribution in [0.5, 0.6) is 5.75 Å². The Morgan fingerprint density at radius 3 is 2.62 bits per heavy atom. The number of rotatable bonds is 11. The maximum absolute atomic E-state index is 14.0. The van der Waals surface area contributed by atoms with Gasteiger partial charge in [-0.2, -0.15) is 0 Å². The van der Waals surface area contributed by atoms with Crippen molar-refractivity contribution in [2.75, 3.05) is 25.3 Å². The summed E-state index contributed by atoms with van der Waals surface area (Å²) in [6, 6.07) is 8.69. The highest BCUT2D eigenvalue weighted by Crippen LogP contribution is 2.45. The van der Waals surface area contributed by atoms with E-state index in [9.17, 15) is 4.57 Å². The van der Waals surface area contributed by atoms with Crippen LogP contribution < -0.4 is 15.3 Å². The van der Waals surface area contributed by atoms with E-state index < -0.39 is 13.8 Å². The summed E-state index contributed by atoms with van der Waals surface area (Å²) in [6.07, 6.45) is 2.05. The highest BCUT2D eigenvalue weighted by molar-refractivity contribution is 7.57. The molecule has 3 aromatic rings. The van der Waals surface area contributed by atoms with Crippen LogP contribution in [-0.4, -0.2) is 57.5 Å². The van der Waals surface area contributed by atoms with Gasteiger partial charge < -0.3 is 29.0 Å². The maximum Gasteiger partial charge on any atom is 0.342 e. The minimum Gasteiger partial charge on any atom is -0.431 e. The number of hydrogen-bond acceptors (Lipinski definition) is 9. The monoisotopic (exact) mass is 490 g/mol. The lowest BCUT2D eigenvalue weighted by Crippen LogP contribution is -2.44. The second kappa shape index (κ2) is 10.8. The lowest BCUT2D eigenvalue weighted by Gasteiger charge is -2.31. The molecule has 0 bridgehead atoms. The molecule has 0 radical (unpaired) electrons. The van der Waals surface area contributed by atoms with Crippen LogP contribution in [0.15, 0.2) is 43.0 Å². The van der Waals surface area contributed by atoms with Crippen molar-refractivity contribution >= 4 is 24.5 Å². The Hall–Kier alpha value is -2.56. The summed E-state index contributed by atoms with van der Waals surface area (Å²) < 4.78 is 39.2. The molecule has 0 spiro atoms. The van der Waals surface area contributed by atoms with Gasteiger partial charge in [0.2, 0.25) is 0 Å². The van der Waals surface area contributed by atoms with E-state index in [4.69, 9.17) is 24.5 Å². The van der Waals surface area contributed by atoms with Crippen molar-refractivity contribution < 1.29 is 23.3 Å². The van der Waals surface area contributed by atoms with Gasteiger partial charge in [-0.15, -0.1) is 0 Å². The van der Waals surface area contributed by atoms with E-state index in [2.05, 4.69) is 20.0 Å². The molecule has 1 aliphatic rings. The van der Waals surface area contributed by atoms with Crippen molar-refractivity contribution in [1.82, 2.24) is 24.6 Å². The van der Waals surface area contributed by atoms with E-state index in [1.807, 2.05) is 43.5 Å². The van der Waals surface area contributed by atoms with Crippen LogP contribution in [0.3, 0.4) is 0 Å². The van der Waals surface area contributed by atoms with Gasteiger partial charge in [-0.25, -0.2) is 20.0 Å². The molecular weight excluding hydrogens is 459 g/mol. The lowest BCUT2D eigenvalue weighted by atomic mass is 10.1. The zero-order valence-corrected chi connectivity index (χ0v) is 20.4. The molecule has 34 heavy (non-hydrogen) atoms. The molecular formula is C22H31N6O5P. The Morgan fingerprint density at radius 1 is 1.18 bits per heavy atom. The van der Waals surface area contributed by atoms with Gasteiger partial charge in [0.1, 0.15) is 23.9 Å². The third kappa shape index (κ3) is 5.92. The van der Waals surface area contributed by atoms with E-state index in [0.29, 0.717) is 42.5 Å². The SMILES string of the molecule is CC(Cn1cnc2c(N)ncnc21)OCP(=O)(NC(C(C)C)C1OCCO1)Oc1ccccc1. The van der Waals surface area contributed by atoms with Gasteiger partial charge in [0.25, 0.3) is 0 Å². The summed E-state index contributed by atoms with van der Waals surface area (Å²) >= 11 is 0. The number of hydrogen-bond donors (Lipinski definition) is 2. The highest BCUT2D eigenvalue weighted by Gasteiger charge is 2.37. The number of para-hydroxylation sites is 1. The Balaban J connectivity index is 1.48. The van der Waals surface area contributed by atoms with Crippen LogP contribution in [0, 0.1) is 5.92 Å². The number of imidazole rings is 1. The topological polar surface area (TPSA) is 136 Å². The average Bonchev–Trinajstić information content (AvgIpc) is 3.48. The standard InChI is InChI=1S/C22H31N6O5P/c1-15(2)18(22-30-9-10-31-22)27-34(29,33-17-7-5-4-6-8-17)14-32-16(3)11-28-13-26-19-20(23)24-12-25-21(19)28/h4-8,12-13,15-16,18,22H,9-11,14H2,1-3H3,(H,27,29)(H2,23,24,25). The van der Waals surface area contributed by atoms with E-state index >= 15 is 0 Å². The third-order valence-corrected chi connectivity index (χ3v) is 7.10. The van der Waals surface area contributed by atoms with Crippen molar-refractivity contribution in [2.24, 2.45) is 5.92 Å². The largest absolute Gasteiger partial charge is 0.431 e. The molecule has 12 heteroatoms. The van der Waals surface area contributed by atoms with Gasteiger partial charge in [0, 0.05) is 0 Å². The lowest BCUT2D eigenvalue weighted by molar-refractivity contribution is -0.0730. The number of anilines is 1. The number of ether oxygens (including phenoxy) is 3. The third-order valence-electron chi connectivity index (χ3n) is 5.41. The van der Waals surface area contributed by atoms with Crippen LogP contribution in [0.1, 0.15) is 20.8 Å². The molecule has 11 nitrogen and oxygen atoms in total. The first-order valence-corrected chi connectivity index (χ1v) is 13.0. The van der Waals surface area contributed by atoms with Crippen molar-refractivity contribution in [2.45, 2.75) is 45.8 Å². The minimum absolute atomic E-state index is 0.0793. The van der Waals surface area contributed by atoms with Crippen molar-refractivity contribution in [3.8, 4) is 5.75 Å². The fourth-order valence-electron chi connectivity index (χ4n) is 3.66. The van der Waals surface area contributed by atoms with Crippen LogP contribution >= 0.6 is 7.52 Å². The van der Waals surface area contributed by atoms with Gasteiger partial charge in [-0.1, -0.05) is 32.0 Å². The van der Waals surface area contributed by atoms with E-state index in [1.165, 1.54) is 6.33 Å². The molecule has 3 heterocycles. The summed E-state index contributed by atoms with van der Waals surface area (Å²) in [5.41, 5.74) is 7.02. The molecule has 2 aromatic heterocycles. The number of nitrogens with zero attached hydrogens (tertiary/aromatic N) is 4. The molecule has 1 aliphatic heterocycles. The van der Waals surface area contributed by atoms with Gasteiger partial charge in [-0.05, 0) is 25.0 Å². The predicted octanol–water partition coefficient (Wildman–Crippen LogP) is 3.03. The Bertz CT molecular complexity index is 1120. The Kier molecular flexibility index (Phi) is 7.80. The number of nitrogen functional groups attached to an aromatic ring is 1. The summed E-state index contributed by atoms with van der Waals surface area (Å²) in [5.74, 6) is 0.882. The van der Waals surface area contributed by atoms with Crippen molar-refractivity contribution in [3.63, 3.8) is 0 Å². The summed E-state index contributed by atoms with van der Waals surface area (Å²) in [4.78, 5) is 12.5. The molecule has 4 rings (SSSR count). The summed E-state index contributed by atoms with van der Waals surface area (Å²) in [6.45, 7) is 7.33. The molecule has 0 aliphatic carbocycles. The normalized spacial score (nSPS) is 18.2. The molecule has 0 amide bonds. The number of fused-ring (bicyclic) bond motifs is 1. The smallest absolute Gasteiger partial charge is 0.342 e. The highest BCUT2D eigenvalue weighted by atomic mass is 31.2. The first-order chi connectivity index (χ1) is 16.3. The molecule has 1 saturated heterocycles. The second-order valence-electron chi connectivity index (χ2n) is 8.52. The first kappa shape index (κ1) is 24.6. The number of benzene rings is 1. The fraction of sp³-hybridized carbons (Fsp3) is 0.500. The molecule has 3 atom stereocenters. The fourth-order valence-corrected chi connectivity index (χ4v) is 5.63. The molecule has 1 aromatic carbocycles. The molecule has 184 valence electrons. The molecule has 3 N–H and O–H groups in total. The predicted molar refractivity (Wildman–Crippen MR) is 127 cm³/mol. The Morgan fingerprint density at radius 2 is 1.91 bits per heavy atom. The Labute approximate surface area is 198 Å². The number of nitrogens with one attached hydrogen (secondary N) is 1. The second-order valence-corrected chi connectivity index (χ2v) is 10.6. The van der Waals surface area contributed by atoms with Crippen LogP contribution in [-0.2, 0) is 25.3 Å².